The van der Waals surface area contributed by atoms with Gasteiger partial charge in [0, 0.05) is 23.1 Å². The van der Waals surface area contributed by atoms with Crippen LogP contribution >= 0.6 is 0 Å². The van der Waals surface area contributed by atoms with Gasteiger partial charge in [-0.1, -0.05) is 527 Å². The summed E-state index contributed by atoms with van der Waals surface area (Å²) in [4.78, 5) is 0. The molecule has 0 spiro atoms. The molecule has 3 rings (SSSR count). The van der Waals surface area contributed by atoms with Gasteiger partial charge in [0.1, 0.15) is 5.57 Å². The monoisotopic (exact) mass is 1550 g/mol. The molecule has 0 atom stereocenters. The first-order valence-corrected chi connectivity index (χ1v) is 49.7. The van der Waals surface area contributed by atoms with Gasteiger partial charge in [0.05, 0.1) is 0 Å². The molecule has 0 radical (unpaired) electrons. The van der Waals surface area contributed by atoms with E-state index in [-0.39, 0.29) is 16.5 Å². The number of hydrogen-bond acceptors (Lipinski definition) is 0. The summed E-state index contributed by atoms with van der Waals surface area (Å²) in [5.41, 5.74) is 21.0. The van der Waals surface area contributed by atoms with Gasteiger partial charge >= 0.3 is 16.5 Å². The first-order chi connectivity index (χ1) is 53.5. The molecule has 0 fully saturated rings. The van der Waals surface area contributed by atoms with E-state index in [9.17, 15) is 5.53 Å². The topological polar surface area (TPSA) is 25.3 Å². The van der Waals surface area contributed by atoms with Crippen molar-refractivity contribution in [3.05, 3.63) is 101 Å². The first-order valence-electron chi connectivity index (χ1n) is 49.7. The van der Waals surface area contributed by atoms with Gasteiger partial charge in [-0.15, -0.1) is 0 Å². The zero-order valence-electron chi connectivity index (χ0n) is 74.8. The molecule has 0 saturated carbocycles. The largest absolute Gasteiger partial charge is 2.00 e. The molecule has 1 heterocycles. The molecular formula is C106H190N2Ni. The van der Waals surface area contributed by atoms with Crippen LogP contribution in [0.3, 0.4) is 0 Å². The van der Waals surface area contributed by atoms with Gasteiger partial charge in [0.25, 0.3) is 0 Å². The first kappa shape index (κ1) is 107. The van der Waals surface area contributed by atoms with E-state index in [4.69, 9.17) is 0 Å². The zero-order valence-corrected chi connectivity index (χ0v) is 75.8. The van der Waals surface area contributed by atoms with Crippen LogP contribution in [0, 0.1) is 25.7 Å². The third kappa shape index (κ3) is 67.5. The van der Waals surface area contributed by atoms with Crippen molar-refractivity contribution in [2.75, 3.05) is 0 Å². The molecule has 3 heteroatoms. The van der Waals surface area contributed by atoms with Crippen LogP contribution in [0.1, 0.15) is 565 Å². The Labute approximate surface area is 696 Å². The minimum atomic E-state index is 0. The van der Waals surface area contributed by atoms with Crippen LogP contribution in [0.4, 0.5) is 0 Å². The number of rotatable bonds is 79. The third-order valence-electron chi connectivity index (χ3n) is 23.6. The molecule has 1 aliphatic rings. The van der Waals surface area contributed by atoms with E-state index in [1.807, 2.05) is 0 Å². The van der Waals surface area contributed by atoms with Gasteiger partial charge < -0.3 is 19.4 Å². The quantitative estimate of drug-likeness (QED) is 0.0207. The summed E-state index contributed by atoms with van der Waals surface area (Å²) < 4.78 is 1.49. The summed E-state index contributed by atoms with van der Waals surface area (Å²) in [5.74, 6) is 7.27. The normalized spacial score (nSPS) is 12.0. The van der Waals surface area contributed by atoms with Crippen LogP contribution in [0.2, 0.25) is 0 Å². The van der Waals surface area contributed by atoms with Crippen LogP contribution in [0.5, 0.6) is 0 Å². The van der Waals surface area contributed by atoms with E-state index >= 15 is 0 Å². The number of aryl methyl sites for hydroxylation is 2. The third-order valence-corrected chi connectivity index (χ3v) is 23.6. The average molecular weight is 1550 g/mol. The maximum atomic E-state index is 12.1. The summed E-state index contributed by atoms with van der Waals surface area (Å²) >= 11 is 0. The van der Waals surface area contributed by atoms with Crippen LogP contribution < -0.4 is 0 Å². The molecular weight excluding hydrogens is 1360 g/mol. The molecule has 634 valence electrons. The average Bonchev–Trinajstić information content (AvgIpc) is 1.61. The van der Waals surface area contributed by atoms with Gasteiger partial charge in [-0.05, 0) is 80.3 Å². The summed E-state index contributed by atoms with van der Waals surface area (Å²) in [6, 6.07) is 17.7. The second kappa shape index (κ2) is 87.9. The SMILES string of the molecule is CCCCCCCCCCCCCCCCCCCCCCCCCCC#CC1=C(c2cccc(CCCC)c2)[N+](=[N-])C(c2cccc(CCCC)c2)=C1CCCC.[CH2-]CCCCCCCCCCCCCCCCCCCCCCCC.[CH2-]CCCCCCCCCCCCCCCCCCCCCCCC.[Ni+2]. The van der Waals surface area contributed by atoms with Crippen molar-refractivity contribution in [2.45, 2.75) is 555 Å². The Morgan fingerprint density at radius 1 is 0.257 bits per heavy atom. The van der Waals surface area contributed by atoms with Crippen molar-refractivity contribution in [3.8, 4) is 11.8 Å². The zero-order chi connectivity index (χ0) is 77.8. The molecule has 2 nitrogen and oxygen atoms in total. The minimum Gasteiger partial charge on any atom is -0.493 e. The van der Waals surface area contributed by atoms with Crippen molar-refractivity contribution < 1.29 is 21.2 Å². The van der Waals surface area contributed by atoms with Gasteiger partial charge in [-0.2, -0.15) is 12.8 Å². The van der Waals surface area contributed by atoms with E-state index in [0.29, 0.717) is 0 Å². The number of unbranched alkanes of at least 4 members (excludes halogenated alkanes) is 71. The molecule has 0 aromatic heterocycles. The molecule has 0 saturated heterocycles. The van der Waals surface area contributed by atoms with Crippen molar-refractivity contribution in [3.63, 3.8) is 0 Å². The summed E-state index contributed by atoms with van der Waals surface area (Å²) in [5, 5.41) is 0. The van der Waals surface area contributed by atoms with Gasteiger partial charge in [-0.3, -0.25) is 0 Å². The number of hydrogen-bond donors (Lipinski definition) is 0. The Bertz CT molecular complexity index is 2220. The Balaban J connectivity index is 0.00000189. The van der Waals surface area contributed by atoms with E-state index in [1.165, 1.54) is 477 Å². The van der Waals surface area contributed by atoms with Gasteiger partial charge in [0.2, 0.25) is 11.4 Å². The summed E-state index contributed by atoms with van der Waals surface area (Å²) in [7, 11) is 0. The Morgan fingerprint density at radius 2 is 0.468 bits per heavy atom. The standard InChI is InChI=1S/C56H88N2.2C25H51.Ni/c1-5-9-13-14-15-16-17-18-19-20-21-22-23-24-25-26-27-28-29-30-31-32-33-34-35-36-46-54-53(45-12-8-4)55(51-43-37-41-49(47-51)39-10-6-2)58(57)56(54)52-44-38-42-50(48-52)40-11-7-3;2*1-3-5-7-9-11-13-15-17-19-21-23-25-24-22-20-18-16-14-12-10-8-6-4-2;/h37-38,41-44,47-48H,5-35,39-40,45H2,1-4H3;2*1,3-25H2,2H3;/q;2*-1;+2. The minimum absolute atomic E-state index is 0. The fourth-order valence-corrected chi connectivity index (χ4v) is 16.3. The van der Waals surface area contributed by atoms with Gasteiger partial charge in [-0.25, -0.2) is 4.70 Å². The predicted molar refractivity (Wildman–Crippen MR) is 490 cm³/mol. The van der Waals surface area contributed by atoms with E-state index in [0.717, 1.165) is 85.9 Å². The van der Waals surface area contributed by atoms with Crippen molar-refractivity contribution >= 4 is 11.4 Å². The van der Waals surface area contributed by atoms with Crippen molar-refractivity contribution in [1.82, 2.24) is 0 Å². The van der Waals surface area contributed by atoms with Crippen LogP contribution in [0.15, 0.2) is 59.7 Å². The molecule has 0 unspecified atom stereocenters. The second-order valence-corrected chi connectivity index (χ2v) is 34.3. The Kier molecular flexibility index (Phi) is 86.0. The van der Waals surface area contributed by atoms with Gasteiger partial charge in [0.15, 0.2) is 0 Å². The predicted octanol–water partition coefficient (Wildman–Crippen LogP) is 38.1. The number of benzene rings is 2. The smallest absolute Gasteiger partial charge is 0.493 e. The molecule has 0 bridgehead atoms. The molecule has 0 N–H and O–H groups in total. The Hall–Kier alpha value is -2.43. The maximum absolute atomic E-state index is 12.1. The van der Waals surface area contributed by atoms with Crippen molar-refractivity contribution in [1.29, 1.82) is 0 Å². The van der Waals surface area contributed by atoms with Crippen LogP contribution in [0.25, 0.3) is 16.9 Å². The fraction of sp³-hybridized carbons (Fsp3) is 0.811. The van der Waals surface area contributed by atoms with Crippen molar-refractivity contribution in [2.24, 2.45) is 0 Å². The molecule has 2 aromatic rings. The van der Waals surface area contributed by atoms with Crippen LogP contribution in [-0.2, 0) is 29.3 Å². The molecule has 0 amide bonds. The molecule has 109 heavy (non-hydrogen) atoms. The maximum Gasteiger partial charge on any atom is 2.00 e. The summed E-state index contributed by atoms with van der Waals surface area (Å²) in [6.45, 7) is 21.5. The summed E-state index contributed by atoms with van der Waals surface area (Å²) in [6.07, 6.45) is 111. The second-order valence-electron chi connectivity index (χ2n) is 34.3. The number of nitrogens with zero attached hydrogens (tertiary/aromatic N) is 2. The van der Waals surface area contributed by atoms with E-state index in [2.05, 4.69) is 116 Å². The number of allylic oxidation sites excluding steroid dienone is 2. The fourth-order valence-electron chi connectivity index (χ4n) is 16.3. The molecule has 1 aliphatic heterocycles. The molecule has 0 aliphatic carbocycles. The Morgan fingerprint density at radius 3 is 0.706 bits per heavy atom. The molecule has 2 aromatic carbocycles. The van der Waals surface area contributed by atoms with E-state index < -0.39 is 0 Å². The van der Waals surface area contributed by atoms with E-state index in [1.54, 1.807) is 0 Å². The van der Waals surface area contributed by atoms with Crippen LogP contribution in [-0.4, -0.2) is 4.70 Å².